The number of pyridine rings is 1. The smallest absolute Gasteiger partial charge is 0.126 e. The number of nitrogens with zero attached hydrogens (tertiary/aromatic N) is 2. The molecule has 1 unspecified atom stereocenters. The zero-order valence-electron chi connectivity index (χ0n) is 11.3. The molecule has 1 aromatic rings. The van der Waals surface area contributed by atoms with Gasteiger partial charge >= 0.3 is 0 Å². The Morgan fingerprint density at radius 3 is 2.53 bits per heavy atom. The topological polar surface area (TPSA) is 88.9 Å². The second kappa shape index (κ2) is 8.82. The minimum atomic E-state index is -0.583. The van der Waals surface area contributed by atoms with Crippen molar-refractivity contribution >= 4 is 5.82 Å². The first kappa shape index (κ1) is 15.8. The van der Waals surface area contributed by atoms with E-state index in [1.54, 1.807) is 0 Å². The molecule has 0 spiro atoms. The van der Waals surface area contributed by atoms with Crippen molar-refractivity contribution in [3.05, 3.63) is 23.9 Å². The number of anilines is 1. The Hall–Kier alpha value is -1.21. The Balaban J connectivity index is 2.35. The predicted octanol–water partition coefficient (Wildman–Crippen LogP) is -0.551. The average Bonchev–Trinajstić information content (AvgIpc) is 2.37. The number of rotatable bonds is 9. The summed E-state index contributed by atoms with van der Waals surface area (Å²) in [6.45, 7) is 3.61. The van der Waals surface area contributed by atoms with Gasteiger partial charge in [0.1, 0.15) is 5.82 Å². The lowest BCUT2D eigenvalue weighted by Gasteiger charge is -2.23. The van der Waals surface area contributed by atoms with Crippen LogP contribution in [0.3, 0.4) is 0 Å². The van der Waals surface area contributed by atoms with Gasteiger partial charge in [-0.25, -0.2) is 4.98 Å². The van der Waals surface area contributed by atoms with E-state index in [0.29, 0.717) is 26.2 Å². The first-order valence-electron chi connectivity index (χ1n) is 6.45. The van der Waals surface area contributed by atoms with Gasteiger partial charge < -0.3 is 20.6 Å². The summed E-state index contributed by atoms with van der Waals surface area (Å²) in [5.41, 5.74) is 0.918. The molecular formula is C13H23N3O3. The molecule has 0 aliphatic rings. The summed E-state index contributed by atoms with van der Waals surface area (Å²) in [4.78, 5) is 6.10. The number of aliphatic hydroxyl groups excluding tert-OH is 3. The van der Waals surface area contributed by atoms with E-state index >= 15 is 0 Å². The quantitative estimate of drug-likeness (QED) is 0.481. The third-order valence-electron chi connectivity index (χ3n) is 2.71. The van der Waals surface area contributed by atoms with E-state index in [4.69, 9.17) is 10.2 Å². The predicted molar refractivity (Wildman–Crippen MR) is 74.1 cm³/mol. The molecule has 0 saturated heterocycles. The van der Waals surface area contributed by atoms with Crippen molar-refractivity contribution in [2.75, 3.05) is 44.7 Å². The number of aryl methyl sites for hydroxylation is 1. The number of nitrogens with one attached hydrogen (secondary N) is 1. The molecule has 0 saturated carbocycles. The van der Waals surface area contributed by atoms with Crippen LogP contribution in [-0.2, 0) is 0 Å². The highest BCUT2D eigenvalue weighted by Gasteiger charge is 2.11. The summed E-state index contributed by atoms with van der Waals surface area (Å²) in [6.07, 6.45) is -0.583. The fourth-order valence-corrected chi connectivity index (χ4v) is 1.80. The molecule has 108 valence electrons. The summed E-state index contributed by atoms with van der Waals surface area (Å²) >= 11 is 0. The Bertz CT molecular complexity index is 357. The molecule has 0 fully saturated rings. The standard InChI is InChI=1S/C13H23N3O3/c1-11-3-2-4-13(15-11)14-9-12(19)10-16(5-7-17)6-8-18/h2-4,12,17-19H,5-10H2,1H3,(H,14,15). The van der Waals surface area contributed by atoms with Crippen molar-refractivity contribution in [2.24, 2.45) is 0 Å². The highest BCUT2D eigenvalue weighted by molar-refractivity contribution is 5.35. The van der Waals surface area contributed by atoms with Gasteiger partial charge in [-0.05, 0) is 19.1 Å². The molecule has 1 atom stereocenters. The van der Waals surface area contributed by atoms with Crippen LogP contribution in [0.4, 0.5) is 5.82 Å². The molecule has 0 radical (unpaired) electrons. The van der Waals surface area contributed by atoms with E-state index in [0.717, 1.165) is 11.5 Å². The molecule has 1 heterocycles. The highest BCUT2D eigenvalue weighted by Crippen LogP contribution is 2.04. The van der Waals surface area contributed by atoms with Crippen LogP contribution in [0.15, 0.2) is 18.2 Å². The SMILES string of the molecule is Cc1cccc(NCC(O)CN(CCO)CCO)n1. The fraction of sp³-hybridized carbons (Fsp3) is 0.615. The van der Waals surface area contributed by atoms with E-state index in [-0.39, 0.29) is 13.2 Å². The molecule has 6 heteroatoms. The van der Waals surface area contributed by atoms with Crippen molar-refractivity contribution < 1.29 is 15.3 Å². The Kier molecular flexibility index (Phi) is 7.35. The first-order chi connectivity index (χ1) is 9.15. The van der Waals surface area contributed by atoms with E-state index in [1.807, 2.05) is 30.0 Å². The van der Waals surface area contributed by atoms with Crippen LogP contribution in [0.5, 0.6) is 0 Å². The molecule has 4 N–H and O–H groups in total. The van der Waals surface area contributed by atoms with Gasteiger partial charge in [0.15, 0.2) is 0 Å². The van der Waals surface area contributed by atoms with Crippen molar-refractivity contribution in [3.63, 3.8) is 0 Å². The van der Waals surface area contributed by atoms with Crippen LogP contribution >= 0.6 is 0 Å². The fourth-order valence-electron chi connectivity index (χ4n) is 1.80. The van der Waals surface area contributed by atoms with Crippen LogP contribution in [0.25, 0.3) is 0 Å². The highest BCUT2D eigenvalue weighted by atomic mass is 16.3. The monoisotopic (exact) mass is 269 g/mol. The maximum atomic E-state index is 9.91. The lowest BCUT2D eigenvalue weighted by Crippen LogP contribution is -2.39. The maximum Gasteiger partial charge on any atom is 0.126 e. The summed E-state index contributed by atoms with van der Waals surface area (Å²) in [7, 11) is 0. The molecule has 1 aromatic heterocycles. The van der Waals surface area contributed by atoms with Crippen molar-refractivity contribution in [1.82, 2.24) is 9.88 Å². The average molecular weight is 269 g/mol. The van der Waals surface area contributed by atoms with Gasteiger partial charge in [0.25, 0.3) is 0 Å². The number of aliphatic hydroxyl groups is 3. The normalized spacial score (nSPS) is 12.7. The number of aromatic nitrogens is 1. The summed E-state index contributed by atoms with van der Waals surface area (Å²) in [6, 6.07) is 5.66. The van der Waals surface area contributed by atoms with Crippen molar-refractivity contribution in [1.29, 1.82) is 0 Å². The molecule has 0 aliphatic carbocycles. The minimum Gasteiger partial charge on any atom is -0.395 e. The van der Waals surface area contributed by atoms with Gasteiger partial charge in [0, 0.05) is 31.9 Å². The Morgan fingerprint density at radius 2 is 1.95 bits per heavy atom. The van der Waals surface area contributed by atoms with Crippen LogP contribution in [0, 0.1) is 6.92 Å². The third-order valence-corrected chi connectivity index (χ3v) is 2.71. The second-order valence-electron chi connectivity index (χ2n) is 4.45. The van der Waals surface area contributed by atoms with E-state index < -0.39 is 6.10 Å². The van der Waals surface area contributed by atoms with E-state index in [1.165, 1.54) is 0 Å². The maximum absolute atomic E-state index is 9.91. The van der Waals surface area contributed by atoms with Crippen molar-refractivity contribution in [2.45, 2.75) is 13.0 Å². The summed E-state index contributed by atoms with van der Waals surface area (Å²) in [5, 5.41) is 30.7. The van der Waals surface area contributed by atoms with Crippen LogP contribution in [-0.4, -0.2) is 70.7 Å². The zero-order chi connectivity index (χ0) is 14.1. The van der Waals surface area contributed by atoms with E-state index in [2.05, 4.69) is 10.3 Å². The zero-order valence-corrected chi connectivity index (χ0v) is 11.3. The lowest BCUT2D eigenvalue weighted by atomic mass is 10.3. The van der Waals surface area contributed by atoms with Crippen LogP contribution in [0.2, 0.25) is 0 Å². The second-order valence-corrected chi connectivity index (χ2v) is 4.45. The Morgan fingerprint density at radius 1 is 1.26 bits per heavy atom. The molecule has 0 aliphatic heterocycles. The van der Waals surface area contributed by atoms with Gasteiger partial charge in [0.05, 0.1) is 19.3 Å². The lowest BCUT2D eigenvalue weighted by molar-refractivity contribution is 0.0940. The van der Waals surface area contributed by atoms with Crippen LogP contribution < -0.4 is 5.32 Å². The van der Waals surface area contributed by atoms with Crippen molar-refractivity contribution in [3.8, 4) is 0 Å². The molecule has 1 rings (SSSR count). The Labute approximate surface area is 113 Å². The summed E-state index contributed by atoms with van der Waals surface area (Å²) < 4.78 is 0. The molecular weight excluding hydrogens is 246 g/mol. The van der Waals surface area contributed by atoms with Gasteiger partial charge in [-0.2, -0.15) is 0 Å². The third kappa shape index (κ3) is 6.49. The van der Waals surface area contributed by atoms with Gasteiger partial charge in [-0.15, -0.1) is 0 Å². The molecule has 0 bridgehead atoms. The van der Waals surface area contributed by atoms with E-state index in [9.17, 15) is 5.11 Å². The number of hydrogen-bond donors (Lipinski definition) is 4. The molecule has 0 aromatic carbocycles. The first-order valence-corrected chi connectivity index (χ1v) is 6.45. The molecule has 19 heavy (non-hydrogen) atoms. The summed E-state index contributed by atoms with van der Waals surface area (Å²) in [5.74, 6) is 0.731. The van der Waals surface area contributed by atoms with Gasteiger partial charge in [-0.3, -0.25) is 4.90 Å². The minimum absolute atomic E-state index is 0.0135. The van der Waals surface area contributed by atoms with Gasteiger partial charge in [0.2, 0.25) is 0 Å². The largest absolute Gasteiger partial charge is 0.395 e. The van der Waals surface area contributed by atoms with Crippen LogP contribution in [0.1, 0.15) is 5.69 Å². The number of hydrogen-bond acceptors (Lipinski definition) is 6. The molecule has 6 nitrogen and oxygen atoms in total. The molecule has 0 amide bonds. The van der Waals surface area contributed by atoms with Gasteiger partial charge in [-0.1, -0.05) is 6.07 Å².